The quantitative estimate of drug-likeness (QED) is 0.154. The van der Waals surface area contributed by atoms with Crippen LogP contribution in [0, 0.1) is 0 Å². The maximum absolute atomic E-state index is 5.31. The van der Waals surface area contributed by atoms with Crippen molar-refractivity contribution in [1.82, 2.24) is 15.0 Å². The molecule has 0 atom stereocenters. The second kappa shape index (κ2) is 15.8. The van der Waals surface area contributed by atoms with Gasteiger partial charge in [-0.15, -0.1) is 11.3 Å². The summed E-state index contributed by atoms with van der Waals surface area (Å²) in [7, 11) is 0. The highest BCUT2D eigenvalue weighted by Crippen LogP contribution is 2.46. The van der Waals surface area contributed by atoms with Crippen LogP contribution in [0.2, 0.25) is 0 Å². The predicted molar refractivity (Wildman–Crippen MR) is 256 cm³/mol. The summed E-state index contributed by atoms with van der Waals surface area (Å²) in [6, 6.07) is 79.4. The molecule has 0 aliphatic rings. The number of thiophene rings is 1. The van der Waals surface area contributed by atoms with Crippen molar-refractivity contribution >= 4 is 31.5 Å². The van der Waals surface area contributed by atoms with Gasteiger partial charge in [0.2, 0.25) is 0 Å². The minimum Gasteiger partial charge on any atom is -0.208 e. The molecule has 0 spiro atoms. The van der Waals surface area contributed by atoms with Gasteiger partial charge in [0.1, 0.15) is 0 Å². The summed E-state index contributed by atoms with van der Waals surface area (Å²) in [6.07, 6.45) is 0. The zero-order valence-electron chi connectivity index (χ0n) is 33.1. The zero-order valence-corrected chi connectivity index (χ0v) is 33.9. The molecular formula is C57H37N3S. The fourth-order valence-corrected chi connectivity index (χ4v) is 9.53. The zero-order chi connectivity index (χ0) is 40.5. The van der Waals surface area contributed by atoms with E-state index in [1.54, 1.807) is 0 Å². The summed E-state index contributed by atoms with van der Waals surface area (Å²) in [6.45, 7) is 0. The third-order valence-corrected chi connectivity index (χ3v) is 12.7. The van der Waals surface area contributed by atoms with Crippen molar-refractivity contribution in [3.05, 3.63) is 224 Å². The van der Waals surface area contributed by atoms with Gasteiger partial charge < -0.3 is 0 Å². The van der Waals surface area contributed by atoms with E-state index in [1.807, 2.05) is 35.6 Å². The Morgan fingerprint density at radius 3 is 1.08 bits per heavy atom. The summed E-state index contributed by atoms with van der Waals surface area (Å²) in [5, 5.41) is 2.39. The van der Waals surface area contributed by atoms with Crippen LogP contribution in [0.3, 0.4) is 0 Å². The van der Waals surface area contributed by atoms with Crippen molar-refractivity contribution in [2.75, 3.05) is 0 Å². The molecule has 0 aliphatic carbocycles. The molecule has 0 unspecified atom stereocenters. The molecule has 2 heterocycles. The lowest BCUT2D eigenvalue weighted by molar-refractivity contribution is 1.08. The molecule has 2 aromatic heterocycles. The average Bonchev–Trinajstić information content (AvgIpc) is 3.74. The third-order valence-electron chi connectivity index (χ3n) is 11.4. The summed E-state index contributed by atoms with van der Waals surface area (Å²) < 4.78 is 2.38. The molecule has 61 heavy (non-hydrogen) atoms. The topological polar surface area (TPSA) is 38.7 Å². The van der Waals surface area contributed by atoms with E-state index in [1.165, 1.54) is 54.4 Å². The minimum atomic E-state index is 0.634. The standard InChI is InChI=1S/C57H37N3S/c1-5-14-38(15-6-1)41-24-26-44(27-25-41)48-36-51-50-23-13-22-49(45-32-28-42(29-33-45)39-16-7-2-8-17-39)53(50)61-54(51)52(37-48)57-59-55(46-20-11-4-12-21-46)58-56(60-57)47-34-30-43(31-35-47)40-18-9-3-10-19-40/h1-37H. The van der Waals surface area contributed by atoms with E-state index in [9.17, 15) is 0 Å². The van der Waals surface area contributed by atoms with Crippen LogP contribution in [0.1, 0.15) is 0 Å². The normalized spacial score (nSPS) is 11.3. The number of hydrogen-bond acceptors (Lipinski definition) is 4. The molecule has 3 nitrogen and oxygen atoms in total. The smallest absolute Gasteiger partial charge is 0.165 e. The van der Waals surface area contributed by atoms with Crippen LogP contribution in [0.15, 0.2) is 224 Å². The van der Waals surface area contributed by atoms with E-state index in [0.29, 0.717) is 17.5 Å². The summed E-state index contributed by atoms with van der Waals surface area (Å²) >= 11 is 1.81. The van der Waals surface area contributed by atoms with Gasteiger partial charge >= 0.3 is 0 Å². The SMILES string of the molecule is c1ccc(-c2ccc(-c3cc(-c4nc(-c5ccccc5)nc(-c5ccc(-c6ccccc6)cc5)n4)c4sc5c(-c6ccc(-c7ccccc7)cc6)cccc5c4c3)cc2)cc1. The number of fused-ring (bicyclic) bond motifs is 3. The van der Waals surface area contributed by atoms with Crippen LogP contribution in [0.5, 0.6) is 0 Å². The highest BCUT2D eigenvalue weighted by Gasteiger charge is 2.20. The molecule has 11 rings (SSSR count). The van der Waals surface area contributed by atoms with Crippen molar-refractivity contribution in [1.29, 1.82) is 0 Å². The Labute approximate surface area is 359 Å². The first kappa shape index (κ1) is 36.3. The highest BCUT2D eigenvalue weighted by atomic mass is 32.1. The maximum atomic E-state index is 5.31. The first-order valence-electron chi connectivity index (χ1n) is 20.5. The van der Waals surface area contributed by atoms with Gasteiger partial charge in [0.15, 0.2) is 17.5 Å². The van der Waals surface area contributed by atoms with Crippen molar-refractivity contribution in [2.45, 2.75) is 0 Å². The Morgan fingerprint density at radius 2 is 0.590 bits per heavy atom. The predicted octanol–water partition coefficient (Wildman–Crippen LogP) is 15.6. The third kappa shape index (κ3) is 7.09. The highest BCUT2D eigenvalue weighted by molar-refractivity contribution is 7.26. The molecule has 0 N–H and O–H groups in total. The second-order valence-corrected chi connectivity index (χ2v) is 16.2. The fourth-order valence-electron chi connectivity index (χ4n) is 8.20. The molecule has 11 aromatic rings. The first-order chi connectivity index (χ1) is 30.2. The van der Waals surface area contributed by atoms with E-state index in [4.69, 9.17) is 15.0 Å². The molecule has 0 amide bonds. The second-order valence-electron chi connectivity index (χ2n) is 15.2. The van der Waals surface area contributed by atoms with E-state index in [0.717, 1.165) is 38.1 Å². The van der Waals surface area contributed by atoms with E-state index >= 15 is 0 Å². The van der Waals surface area contributed by atoms with Gasteiger partial charge in [0.05, 0.1) is 0 Å². The van der Waals surface area contributed by atoms with E-state index in [2.05, 4.69) is 200 Å². The van der Waals surface area contributed by atoms with Gasteiger partial charge in [-0.25, -0.2) is 15.0 Å². The van der Waals surface area contributed by atoms with Gasteiger partial charge in [0.25, 0.3) is 0 Å². The molecule has 4 heteroatoms. The van der Waals surface area contributed by atoms with Gasteiger partial charge in [-0.05, 0) is 67.8 Å². The number of hydrogen-bond donors (Lipinski definition) is 0. The minimum absolute atomic E-state index is 0.634. The first-order valence-corrected chi connectivity index (χ1v) is 21.3. The largest absolute Gasteiger partial charge is 0.208 e. The lowest BCUT2D eigenvalue weighted by Gasteiger charge is -2.12. The van der Waals surface area contributed by atoms with Crippen LogP contribution in [0.4, 0.5) is 0 Å². The van der Waals surface area contributed by atoms with Gasteiger partial charge in [0, 0.05) is 36.9 Å². The Hall–Kier alpha value is -7.79. The maximum Gasteiger partial charge on any atom is 0.165 e. The molecule has 9 aromatic carbocycles. The van der Waals surface area contributed by atoms with Crippen molar-refractivity contribution in [3.63, 3.8) is 0 Å². The Bertz CT molecular complexity index is 3290. The van der Waals surface area contributed by atoms with Gasteiger partial charge in [-0.1, -0.05) is 212 Å². The Morgan fingerprint density at radius 1 is 0.230 bits per heavy atom. The average molecular weight is 796 g/mol. The monoisotopic (exact) mass is 795 g/mol. The van der Waals surface area contributed by atoms with Crippen LogP contribution in [-0.2, 0) is 0 Å². The molecule has 0 saturated heterocycles. The van der Waals surface area contributed by atoms with Crippen molar-refractivity contribution in [3.8, 4) is 89.8 Å². The number of aromatic nitrogens is 3. The van der Waals surface area contributed by atoms with Crippen LogP contribution in [0.25, 0.3) is 110 Å². The Kier molecular flexibility index (Phi) is 9.38. The molecular weight excluding hydrogens is 759 g/mol. The van der Waals surface area contributed by atoms with Gasteiger partial charge in [-0.2, -0.15) is 0 Å². The summed E-state index contributed by atoms with van der Waals surface area (Å²) in [5.41, 5.74) is 14.6. The lowest BCUT2D eigenvalue weighted by Crippen LogP contribution is -2.00. The molecule has 0 fully saturated rings. The molecule has 0 aliphatic heterocycles. The molecule has 0 bridgehead atoms. The summed E-state index contributed by atoms with van der Waals surface area (Å²) in [4.78, 5) is 15.7. The molecule has 0 radical (unpaired) electrons. The van der Waals surface area contributed by atoms with E-state index in [-0.39, 0.29) is 0 Å². The van der Waals surface area contributed by atoms with Crippen LogP contribution in [-0.4, -0.2) is 15.0 Å². The molecule has 286 valence electrons. The molecule has 0 saturated carbocycles. The fraction of sp³-hybridized carbons (Fsp3) is 0. The van der Waals surface area contributed by atoms with Gasteiger partial charge in [-0.3, -0.25) is 0 Å². The number of nitrogens with zero attached hydrogens (tertiary/aromatic N) is 3. The van der Waals surface area contributed by atoms with E-state index < -0.39 is 0 Å². The van der Waals surface area contributed by atoms with Crippen LogP contribution >= 0.6 is 11.3 Å². The lowest BCUT2D eigenvalue weighted by atomic mass is 9.96. The number of rotatable bonds is 8. The number of benzene rings is 9. The van der Waals surface area contributed by atoms with Crippen molar-refractivity contribution in [2.24, 2.45) is 0 Å². The van der Waals surface area contributed by atoms with Crippen LogP contribution < -0.4 is 0 Å². The Balaban J connectivity index is 1.11. The van der Waals surface area contributed by atoms with Crippen molar-refractivity contribution < 1.29 is 0 Å². The summed E-state index contributed by atoms with van der Waals surface area (Å²) in [5.74, 6) is 1.91.